The van der Waals surface area contributed by atoms with Crippen molar-refractivity contribution >= 4 is 22.9 Å². The van der Waals surface area contributed by atoms with Crippen molar-refractivity contribution in [2.45, 2.75) is 45.6 Å². The first-order valence-corrected chi connectivity index (χ1v) is 11.9. The fourth-order valence-corrected chi connectivity index (χ4v) is 5.25. The van der Waals surface area contributed by atoms with E-state index in [1.54, 1.807) is 17.4 Å². The molecule has 3 heterocycles. The molecular weight excluding hydrogens is 420 g/mol. The summed E-state index contributed by atoms with van der Waals surface area (Å²) >= 11 is 1.80. The first-order valence-electron chi connectivity index (χ1n) is 11.1. The second-order valence-electron chi connectivity index (χ2n) is 8.13. The number of imidazole rings is 1. The number of hydrogen-bond donors (Lipinski definition) is 1. The van der Waals surface area contributed by atoms with Gasteiger partial charge >= 0.3 is 0 Å². The molecule has 7 heteroatoms. The number of fused-ring (bicyclic) bond motifs is 2. The van der Waals surface area contributed by atoms with Gasteiger partial charge in [0.05, 0.1) is 22.0 Å². The molecule has 1 amide bonds. The summed E-state index contributed by atoms with van der Waals surface area (Å²) in [6.45, 7) is 2.90. The number of pyridine rings is 1. The summed E-state index contributed by atoms with van der Waals surface area (Å²) in [6.07, 6.45) is 9.42. The number of carbonyl (C=O) groups is 1. The molecule has 0 saturated carbocycles. The molecule has 0 atom stereocenters. The van der Waals surface area contributed by atoms with Crippen LogP contribution in [0.1, 0.15) is 50.0 Å². The number of aromatic nitrogens is 3. The van der Waals surface area contributed by atoms with Gasteiger partial charge in [-0.15, -0.1) is 11.3 Å². The predicted molar refractivity (Wildman–Crippen MR) is 125 cm³/mol. The Bertz CT molecular complexity index is 1240. The number of hydrogen-bond acceptors (Lipinski definition) is 5. The van der Waals surface area contributed by atoms with E-state index in [0.29, 0.717) is 24.5 Å². The Morgan fingerprint density at radius 3 is 2.91 bits per heavy atom. The van der Waals surface area contributed by atoms with Crippen LogP contribution >= 0.6 is 11.3 Å². The van der Waals surface area contributed by atoms with E-state index < -0.39 is 0 Å². The van der Waals surface area contributed by atoms with Crippen LogP contribution in [0.4, 0.5) is 0 Å². The van der Waals surface area contributed by atoms with Crippen LogP contribution < -0.4 is 10.1 Å². The first kappa shape index (κ1) is 20.7. The van der Waals surface area contributed by atoms with Gasteiger partial charge in [0.1, 0.15) is 18.0 Å². The molecule has 1 N–H and O–H groups in total. The Kier molecular flexibility index (Phi) is 5.90. The Hall–Kier alpha value is -3.19. The highest BCUT2D eigenvalue weighted by atomic mass is 32.1. The van der Waals surface area contributed by atoms with Crippen LogP contribution in [-0.4, -0.2) is 26.8 Å². The monoisotopic (exact) mass is 446 g/mol. The SMILES string of the molecule is Cc1cccn2cc(COc3ccccc3C(=O)NCCc3nc4c(s3)CCCC4)nc12. The lowest BCUT2D eigenvalue weighted by molar-refractivity contribution is 0.0949. The Labute approximate surface area is 191 Å². The molecule has 5 rings (SSSR count). The fraction of sp³-hybridized carbons (Fsp3) is 0.320. The van der Waals surface area contributed by atoms with Crippen LogP contribution in [0.5, 0.6) is 5.75 Å². The van der Waals surface area contributed by atoms with Crippen molar-refractivity contribution in [3.05, 3.63) is 81.2 Å². The molecule has 1 aromatic carbocycles. The van der Waals surface area contributed by atoms with E-state index in [1.807, 2.05) is 54.0 Å². The maximum atomic E-state index is 12.8. The topological polar surface area (TPSA) is 68.5 Å². The lowest BCUT2D eigenvalue weighted by atomic mass is 10.0. The van der Waals surface area contributed by atoms with Gasteiger partial charge in [0.15, 0.2) is 0 Å². The highest BCUT2D eigenvalue weighted by Crippen LogP contribution is 2.27. The average Bonchev–Trinajstić information content (AvgIpc) is 3.42. The lowest BCUT2D eigenvalue weighted by Crippen LogP contribution is -2.26. The van der Waals surface area contributed by atoms with Crippen LogP contribution in [0, 0.1) is 6.92 Å². The van der Waals surface area contributed by atoms with Gasteiger partial charge in [-0.2, -0.15) is 0 Å². The minimum absolute atomic E-state index is 0.132. The molecule has 0 unspecified atom stereocenters. The van der Waals surface area contributed by atoms with E-state index in [2.05, 4.69) is 10.3 Å². The quantitative estimate of drug-likeness (QED) is 0.453. The zero-order valence-corrected chi connectivity index (χ0v) is 19.0. The molecule has 6 nitrogen and oxygen atoms in total. The third-order valence-electron chi connectivity index (χ3n) is 5.75. The molecule has 32 heavy (non-hydrogen) atoms. The van der Waals surface area contributed by atoms with Crippen molar-refractivity contribution in [3.63, 3.8) is 0 Å². The fourth-order valence-electron chi connectivity index (χ4n) is 4.10. The number of aryl methyl sites for hydroxylation is 3. The Morgan fingerprint density at radius 2 is 2.03 bits per heavy atom. The van der Waals surface area contributed by atoms with E-state index in [1.165, 1.54) is 23.4 Å². The summed E-state index contributed by atoms with van der Waals surface area (Å²) in [4.78, 5) is 23.7. The van der Waals surface area contributed by atoms with Crippen LogP contribution in [0.2, 0.25) is 0 Å². The molecule has 0 bridgehead atoms. The van der Waals surface area contributed by atoms with Gasteiger partial charge in [0, 0.05) is 30.2 Å². The number of amides is 1. The van der Waals surface area contributed by atoms with Crippen molar-refractivity contribution < 1.29 is 9.53 Å². The van der Waals surface area contributed by atoms with Gasteiger partial charge in [-0.3, -0.25) is 4.79 Å². The highest BCUT2D eigenvalue weighted by molar-refractivity contribution is 7.11. The van der Waals surface area contributed by atoms with E-state index in [4.69, 9.17) is 9.72 Å². The molecule has 0 saturated heterocycles. The molecular formula is C25H26N4O2S. The second kappa shape index (κ2) is 9.12. The van der Waals surface area contributed by atoms with Crippen molar-refractivity contribution in [2.24, 2.45) is 0 Å². The molecule has 1 aliphatic carbocycles. The number of rotatable bonds is 7. The van der Waals surface area contributed by atoms with Crippen LogP contribution in [-0.2, 0) is 25.9 Å². The van der Waals surface area contributed by atoms with Gasteiger partial charge in [0.25, 0.3) is 5.91 Å². The average molecular weight is 447 g/mol. The molecule has 0 radical (unpaired) electrons. The Balaban J connectivity index is 1.21. The van der Waals surface area contributed by atoms with Crippen LogP contribution in [0.15, 0.2) is 48.8 Å². The maximum Gasteiger partial charge on any atom is 0.255 e. The summed E-state index contributed by atoms with van der Waals surface area (Å²) in [5.74, 6) is 0.427. The number of para-hydroxylation sites is 1. The minimum atomic E-state index is -0.132. The number of nitrogens with one attached hydrogen (secondary N) is 1. The third kappa shape index (κ3) is 4.39. The number of ether oxygens (including phenoxy) is 1. The predicted octanol–water partition coefficient (Wildman–Crippen LogP) is 4.53. The zero-order valence-electron chi connectivity index (χ0n) is 18.1. The van der Waals surface area contributed by atoms with Gasteiger partial charge < -0.3 is 14.5 Å². The van der Waals surface area contributed by atoms with Crippen molar-refractivity contribution in [2.75, 3.05) is 6.54 Å². The molecule has 0 fully saturated rings. The molecule has 0 spiro atoms. The van der Waals surface area contributed by atoms with Crippen molar-refractivity contribution in [1.29, 1.82) is 0 Å². The summed E-state index contributed by atoms with van der Waals surface area (Å²) in [5.41, 5.74) is 4.65. The number of nitrogens with zero attached hydrogens (tertiary/aromatic N) is 3. The molecule has 3 aromatic heterocycles. The summed E-state index contributed by atoms with van der Waals surface area (Å²) in [7, 11) is 0. The maximum absolute atomic E-state index is 12.8. The second-order valence-corrected chi connectivity index (χ2v) is 9.30. The molecule has 0 aliphatic heterocycles. The Morgan fingerprint density at radius 1 is 1.16 bits per heavy atom. The molecule has 4 aromatic rings. The summed E-state index contributed by atoms with van der Waals surface area (Å²) in [5, 5.41) is 4.14. The first-order chi connectivity index (χ1) is 15.7. The van der Waals surface area contributed by atoms with Crippen LogP contribution in [0.3, 0.4) is 0 Å². The standard InChI is InChI=1S/C25H26N4O2S/c1-17-7-6-14-29-15-18(27-24(17)29)16-31-21-10-4-2-8-19(21)25(30)26-13-12-23-28-20-9-3-5-11-22(20)32-23/h2,4,6-8,10,14-15H,3,5,9,11-13,16H2,1H3,(H,26,30). The number of benzene rings is 1. The van der Waals surface area contributed by atoms with Crippen molar-refractivity contribution in [3.8, 4) is 5.75 Å². The van der Waals surface area contributed by atoms with Gasteiger partial charge in [0.2, 0.25) is 0 Å². The smallest absolute Gasteiger partial charge is 0.255 e. The van der Waals surface area contributed by atoms with Gasteiger partial charge in [-0.05, 0) is 56.4 Å². The zero-order chi connectivity index (χ0) is 21.9. The van der Waals surface area contributed by atoms with Gasteiger partial charge in [-0.25, -0.2) is 9.97 Å². The highest BCUT2D eigenvalue weighted by Gasteiger charge is 2.16. The summed E-state index contributed by atoms with van der Waals surface area (Å²) in [6, 6.07) is 11.4. The van der Waals surface area contributed by atoms with E-state index >= 15 is 0 Å². The van der Waals surface area contributed by atoms with Gasteiger partial charge in [-0.1, -0.05) is 18.2 Å². The number of carbonyl (C=O) groups excluding carboxylic acids is 1. The van der Waals surface area contributed by atoms with Crippen LogP contribution in [0.25, 0.3) is 5.65 Å². The molecule has 164 valence electrons. The number of thiazole rings is 1. The van der Waals surface area contributed by atoms with E-state index in [0.717, 1.165) is 41.2 Å². The lowest BCUT2D eigenvalue weighted by Gasteiger charge is -2.10. The summed E-state index contributed by atoms with van der Waals surface area (Å²) < 4.78 is 7.98. The largest absolute Gasteiger partial charge is 0.486 e. The van der Waals surface area contributed by atoms with Crippen molar-refractivity contribution in [1.82, 2.24) is 19.7 Å². The van der Waals surface area contributed by atoms with E-state index in [-0.39, 0.29) is 5.91 Å². The minimum Gasteiger partial charge on any atom is -0.486 e. The van der Waals surface area contributed by atoms with E-state index in [9.17, 15) is 4.79 Å². The normalized spacial score (nSPS) is 13.2. The third-order valence-corrected chi connectivity index (χ3v) is 6.97. The molecule has 1 aliphatic rings.